The minimum absolute atomic E-state index is 0.102. The molecule has 0 bridgehead atoms. The van der Waals surface area contributed by atoms with Crippen molar-refractivity contribution >= 4 is 22.3 Å². The Labute approximate surface area is 180 Å². The van der Waals surface area contributed by atoms with Crippen LogP contribution in [0.2, 0.25) is 0 Å². The van der Waals surface area contributed by atoms with E-state index in [2.05, 4.69) is 26.7 Å². The topological polar surface area (TPSA) is 106 Å². The number of aliphatic hydroxyl groups is 1. The van der Waals surface area contributed by atoms with Crippen molar-refractivity contribution in [3.63, 3.8) is 0 Å². The third kappa shape index (κ3) is 4.83. The Morgan fingerprint density at radius 2 is 2.03 bits per heavy atom. The van der Waals surface area contributed by atoms with Crippen molar-refractivity contribution in [1.29, 1.82) is 5.26 Å². The fourth-order valence-electron chi connectivity index (χ4n) is 3.37. The SMILES string of the molecule is N#Cc1cncc(-c2cccc(OCCNCCO)c2)c1Nc1ccc2[nH]ccc2c1. The number of hydrogen-bond donors (Lipinski definition) is 4. The number of nitriles is 1. The largest absolute Gasteiger partial charge is 0.492 e. The molecule has 2 aromatic heterocycles. The zero-order chi connectivity index (χ0) is 21.5. The highest BCUT2D eigenvalue weighted by Gasteiger charge is 2.13. The maximum Gasteiger partial charge on any atom is 0.119 e. The molecule has 0 aliphatic heterocycles. The molecule has 0 radical (unpaired) electrons. The van der Waals surface area contributed by atoms with Crippen LogP contribution in [0.3, 0.4) is 0 Å². The number of nitrogens with zero attached hydrogens (tertiary/aromatic N) is 2. The van der Waals surface area contributed by atoms with Crippen molar-refractivity contribution in [2.75, 3.05) is 31.6 Å². The van der Waals surface area contributed by atoms with E-state index in [1.54, 1.807) is 12.4 Å². The zero-order valence-electron chi connectivity index (χ0n) is 16.9. The number of rotatable bonds is 9. The number of pyridine rings is 1. The van der Waals surface area contributed by atoms with Crippen LogP contribution in [0.25, 0.3) is 22.0 Å². The molecule has 4 rings (SSSR count). The van der Waals surface area contributed by atoms with Crippen molar-refractivity contribution < 1.29 is 9.84 Å². The predicted molar refractivity (Wildman–Crippen MR) is 121 cm³/mol. The Morgan fingerprint density at radius 3 is 2.90 bits per heavy atom. The fraction of sp³-hybridized carbons (Fsp3) is 0.167. The molecule has 0 saturated carbocycles. The molecule has 0 spiro atoms. The highest BCUT2D eigenvalue weighted by atomic mass is 16.5. The number of anilines is 2. The van der Waals surface area contributed by atoms with Gasteiger partial charge in [-0.3, -0.25) is 4.98 Å². The first-order valence-electron chi connectivity index (χ1n) is 10.1. The van der Waals surface area contributed by atoms with Crippen LogP contribution >= 0.6 is 0 Å². The molecule has 156 valence electrons. The number of nitrogens with one attached hydrogen (secondary N) is 3. The standard InChI is InChI=1S/C24H23N5O2/c25-14-19-15-27-16-22(17-2-1-3-21(13-17)31-11-9-26-8-10-30)24(19)29-20-4-5-23-18(12-20)6-7-28-23/h1-7,12-13,15-16,26,28,30H,8-11H2,(H,27,29). The third-order valence-electron chi connectivity index (χ3n) is 4.87. The molecule has 31 heavy (non-hydrogen) atoms. The Kier molecular flexibility index (Phi) is 6.43. The van der Waals surface area contributed by atoms with E-state index in [0.29, 0.717) is 30.9 Å². The Balaban J connectivity index is 1.61. The summed E-state index contributed by atoms with van der Waals surface area (Å²) in [6, 6.07) is 18.0. The molecule has 0 saturated heterocycles. The number of ether oxygens (including phenoxy) is 1. The van der Waals surface area contributed by atoms with Gasteiger partial charge >= 0.3 is 0 Å². The number of hydrogen-bond acceptors (Lipinski definition) is 6. The summed E-state index contributed by atoms with van der Waals surface area (Å²) in [6.07, 6.45) is 5.21. The first kappa shape index (κ1) is 20.4. The van der Waals surface area contributed by atoms with E-state index >= 15 is 0 Å². The Morgan fingerprint density at radius 1 is 1.10 bits per heavy atom. The van der Waals surface area contributed by atoms with E-state index < -0.39 is 0 Å². The van der Waals surface area contributed by atoms with Gasteiger partial charge in [0.05, 0.1) is 17.9 Å². The molecule has 0 atom stereocenters. The normalized spacial score (nSPS) is 10.7. The summed E-state index contributed by atoms with van der Waals surface area (Å²) >= 11 is 0. The van der Waals surface area contributed by atoms with Crippen LogP contribution in [-0.4, -0.2) is 41.4 Å². The molecule has 7 heteroatoms. The van der Waals surface area contributed by atoms with Crippen LogP contribution in [0.4, 0.5) is 11.4 Å². The molecule has 0 unspecified atom stereocenters. The van der Waals surface area contributed by atoms with Crippen LogP contribution in [0.5, 0.6) is 5.75 Å². The average Bonchev–Trinajstić information content (AvgIpc) is 3.27. The summed E-state index contributed by atoms with van der Waals surface area (Å²) in [5, 5.41) is 26.1. The van der Waals surface area contributed by atoms with Gasteiger partial charge in [0, 0.05) is 53.8 Å². The minimum Gasteiger partial charge on any atom is -0.492 e. The maximum absolute atomic E-state index is 9.66. The van der Waals surface area contributed by atoms with Crippen molar-refractivity contribution in [3.8, 4) is 22.9 Å². The van der Waals surface area contributed by atoms with Crippen molar-refractivity contribution in [1.82, 2.24) is 15.3 Å². The first-order chi connectivity index (χ1) is 15.3. The van der Waals surface area contributed by atoms with Crippen LogP contribution in [0, 0.1) is 11.3 Å². The van der Waals surface area contributed by atoms with Gasteiger partial charge in [-0.2, -0.15) is 5.26 Å². The zero-order valence-corrected chi connectivity index (χ0v) is 16.9. The van der Waals surface area contributed by atoms with Gasteiger partial charge in [0.1, 0.15) is 18.4 Å². The molecule has 0 aliphatic carbocycles. The fourth-order valence-corrected chi connectivity index (χ4v) is 3.37. The summed E-state index contributed by atoms with van der Waals surface area (Å²) in [6.45, 7) is 1.77. The molecule has 0 aliphatic rings. The highest BCUT2D eigenvalue weighted by Crippen LogP contribution is 2.34. The molecule has 0 fully saturated rings. The number of aromatic nitrogens is 2. The summed E-state index contributed by atoms with van der Waals surface area (Å²) < 4.78 is 5.82. The van der Waals surface area contributed by atoms with Crippen LogP contribution < -0.4 is 15.4 Å². The molecule has 7 nitrogen and oxygen atoms in total. The van der Waals surface area contributed by atoms with E-state index in [4.69, 9.17) is 9.84 Å². The average molecular weight is 413 g/mol. The lowest BCUT2D eigenvalue weighted by molar-refractivity contribution is 0.276. The van der Waals surface area contributed by atoms with Gasteiger partial charge < -0.3 is 25.5 Å². The van der Waals surface area contributed by atoms with E-state index in [1.807, 2.05) is 54.7 Å². The van der Waals surface area contributed by atoms with E-state index in [1.165, 1.54) is 0 Å². The number of H-pyrrole nitrogens is 1. The quantitative estimate of drug-likeness (QED) is 0.311. The lowest BCUT2D eigenvalue weighted by Gasteiger charge is -2.15. The maximum atomic E-state index is 9.66. The second-order valence-corrected chi connectivity index (χ2v) is 6.98. The van der Waals surface area contributed by atoms with Crippen LogP contribution in [0.1, 0.15) is 5.56 Å². The van der Waals surface area contributed by atoms with E-state index in [-0.39, 0.29) is 6.61 Å². The Hall–Kier alpha value is -3.86. The van der Waals surface area contributed by atoms with E-state index in [0.717, 1.165) is 33.5 Å². The molecular formula is C24H23N5O2. The second-order valence-electron chi connectivity index (χ2n) is 6.98. The summed E-state index contributed by atoms with van der Waals surface area (Å²) in [5.74, 6) is 0.727. The first-order valence-corrected chi connectivity index (χ1v) is 10.1. The van der Waals surface area contributed by atoms with Gasteiger partial charge in [0.25, 0.3) is 0 Å². The van der Waals surface area contributed by atoms with Gasteiger partial charge in [-0.25, -0.2) is 0 Å². The molecule has 0 amide bonds. The molecule has 4 N–H and O–H groups in total. The van der Waals surface area contributed by atoms with Gasteiger partial charge in [0.15, 0.2) is 0 Å². The Bertz CT molecular complexity index is 1210. The van der Waals surface area contributed by atoms with Gasteiger partial charge in [0.2, 0.25) is 0 Å². The molecular weight excluding hydrogens is 390 g/mol. The van der Waals surface area contributed by atoms with Crippen molar-refractivity contribution in [3.05, 3.63) is 72.7 Å². The van der Waals surface area contributed by atoms with Gasteiger partial charge in [-0.1, -0.05) is 12.1 Å². The number of aliphatic hydroxyl groups excluding tert-OH is 1. The monoisotopic (exact) mass is 413 g/mol. The third-order valence-corrected chi connectivity index (χ3v) is 4.87. The van der Waals surface area contributed by atoms with Gasteiger partial charge in [-0.15, -0.1) is 0 Å². The summed E-state index contributed by atoms with van der Waals surface area (Å²) in [7, 11) is 0. The minimum atomic E-state index is 0.102. The summed E-state index contributed by atoms with van der Waals surface area (Å²) in [5.41, 5.74) is 4.82. The second kappa shape index (κ2) is 9.76. The van der Waals surface area contributed by atoms with Gasteiger partial charge in [-0.05, 0) is 42.0 Å². The van der Waals surface area contributed by atoms with E-state index in [9.17, 15) is 5.26 Å². The van der Waals surface area contributed by atoms with Crippen LogP contribution in [-0.2, 0) is 0 Å². The van der Waals surface area contributed by atoms with Crippen LogP contribution in [0.15, 0.2) is 67.1 Å². The highest BCUT2D eigenvalue weighted by molar-refractivity contribution is 5.88. The number of fused-ring (bicyclic) bond motifs is 1. The predicted octanol–water partition coefficient (Wildman–Crippen LogP) is 3.81. The lowest BCUT2D eigenvalue weighted by atomic mass is 10.0. The molecule has 2 aromatic carbocycles. The van der Waals surface area contributed by atoms with Crippen molar-refractivity contribution in [2.24, 2.45) is 0 Å². The number of benzene rings is 2. The molecule has 4 aromatic rings. The smallest absolute Gasteiger partial charge is 0.119 e. The summed E-state index contributed by atoms with van der Waals surface area (Å²) in [4.78, 5) is 7.44. The lowest BCUT2D eigenvalue weighted by Crippen LogP contribution is -2.23. The number of aromatic amines is 1. The van der Waals surface area contributed by atoms with Crippen molar-refractivity contribution in [2.45, 2.75) is 0 Å². The molecule has 2 heterocycles.